The number of hydrogen-bond acceptors (Lipinski definition) is 5. The van der Waals surface area contributed by atoms with Crippen LogP contribution >= 0.6 is 15.9 Å². The molecule has 0 aliphatic carbocycles. The molecule has 0 spiro atoms. The van der Waals surface area contributed by atoms with Gasteiger partial charge >= 0.3 is 0 Å². The Hall–Kier alpha value is -0.820. The summed E-state index contributed by atoms with van der Waals surface area (Å²) in [7, 11) is 3.20. The molecule has 1 unspecified atom stereocenters. The molecule has 0 aliphatic heterocycles. The van der Waals surface area contributed by atoms with Crippen molar-refractivity contribution in [3.63, 3.8) is 0 Å². The summed E-state index contributed by atoms with van der Waals surface area (Å²) in [6.45, 7) is 1.33. The first-order chi connectivity index (χ1) is 9.17. The molecule has 0 amide bonds. The second kappa shape index (κ2) is 8.37. The second-order valence-electron chi connectivity index (χ2n) is 4.05. The minimum atomic E-state index is 0.000677. The summed E-state index contributed by atoms with van der Waals surface area (Å²) in [5.74, 6) is 1.34. The van der Waals surface area contributed by atoms with Crippen LogP contribution in [0.5, 0.6) is 11.5 Å². The van der Waals surface area contributed by atoms with Gasteiger partial charge in [-0.05, 0) is 30.7 Å². The zero-order valence-corrected chi connectivity index (χ0v) is 12.9. The fourth-order valence-electron chi connectivity index (χ4n) is 1.81. The first-order valence-electron chi connectivity index (χ1n) is 6.13. The Morgan fingerprint density at radius 1 is 1.32 bits per heavy atom. The Kier molecular flexibility index (Phi) is 7.15. The lowest BCUT2D eigenvalue weighted by molar-refractivity contribution is 0.283. The molecule has 0 aliphatic rings. The molecule has 0 radical (unpaired) electrons. The summed E-state index contributed by atoms with van der Waals surface area (Å²) in [5, 5.41) is 12.1. The molecule has 0 aromatic heterocycles. The molecule has 0 bridgehead atoms. The van der Waals surface area contributed by atoms with Crippen molar-refractivity contribution in [2.24, 2.45) is 5.73 Å². The standard InChI is InChI=1S/C13H21BrN2O3/c1-18-12-6-9(10(14)7-13(12)19-2)11(8-15)16-4-3-5-17/h6-7,11,16-17H,3-5,8,15H2,1-2H3. The fourth-order valence-corrected chi connectivity index (χ4v) is 2.41. The molecule has 1 aromatic carbocycles. The highest BCUT2D eigenvalue weighted by atomic mass is 79.9. The van der Waals surface area contributed by atoms with Crippen molar-refractivity contribution in [1.82, 2.24) is 5.32 Å². The van der Waals surface area contributed by atoms with Crippen molar-refractivity contribution < 1.29 is 14.6 Å². The van der Waals surface area contributed by atoms with Crippen LogP contribution in [-0.2, 0) is 0 Å². The average Bonchev–Trinajstić information content (AvgIpc) is 2.44. The largest absolute Gasteiger partial charge is 0.493 e. The van der Waals surface area contributed by atoms with E-state index in [1.165, 1.54) is 0 Å². The van der Waals surface area contributed by atoms with Crippen LogP contribution < -0.4 is 20.5 Å². The predicted molar refractivity (Wildman–Crippen MR) is 78.7 cm³/mol. The van der Waals surface area contributed by atoms with E-state index in [1.54, 1.807) is 14.2 Å². The second-order valence-corrected chi connectivity index (χ2v) is 4.90. The highest BCUT2D eigenvalue weighted by Gasteiger charge is 2.16. The van der Waals surface area contributed by atoms with E-state index < -0.39 is 0 Å². The van der Waals surface area contributed by atoms with Crippen LogP contribution in [0.3, 0.4) is 0 Å². The van der Waals surface area contributed by atoms with Crippen LogP contribution in [0, 0.1) is 0 Å². The highest BCUT2D eigenvalue weighted by Crippen LogP contribution is 2.35. The number of ether oxygens (including phenoxy) is 2. The van der Waals surface area contributed by atoms with E-state index in [2.05, 4.69) is 21.2 Å². The molecule has 1 atom stereocenters. The number of halogens is 1. The molecule has 108 valence electrons. The summed E-state index contributed by atoms with van der Waals surface area (Å²) < 4.78 is 11.5. The number of hydrogen-bond donors (Lipinski definition) is 3. The maximum Gasteiger partial charge on any atom is 0.161 e. The van der Waals surface area contributed by atoms with Crippen LogP contribution in [0.2, 0.25) is 0 Å². The van der Waals surface area contributed by atoms with Gasteiger partial charge in [0.15, 0.2) is 11.5 Å². The molecule has 1 aromatic rings. The molecular weight excluding hydrogens is 312 g/mol. The maximum absolute atomic E-state index is 8.81. The number of nitrogens with one attached hydrogen (secondary N) is 1. The number of aliphatic hydroxyl groups excluding tert-OH is 1. The molecule has 0 saturated heterocycles. The Balaban J connectivity index is 2.96. The number of methoxy groups -OCH3 is 2. The van der Waals surface area contributed by atoms with Crippen LogP contribution in [0.25, 0.3) is 0 Å². The van der Waals surface area contributed by atoms with Gasteiger partial charge in [0.05, 0.1) is 14.2 Å². The molecule has 4 N–H and O–H groups in total. The minimum absolute atomic E-state index is 0.000677. The van der Waals surface area contributed by atoms with Crippen LogP contribution in [0.1, 0.15) is 18.0 Å². The summed E-state index contributed by atoms with van der Waals surface area (Å²) in [6.07, 6.45) is 0.696. The normalized spacial score (nSPS) is 12.3. The summed E-state index contributed by atoms with van der Waals surface area (Å²) >= 11 is 3.52. The van der Waals surface area contributed by atoms with E-state index >= 15 is 0 Å². The lowest BCUT2D eigenvalue weighted by Crippen LogP contribution is -2.29. The van der Waals surface area contributed by atoms with Gasteiger partial charge in [0, 0.05) is 23.7 Å². The lowest BCUT2D eigenvalue weighted by atomic mass is 10.1. The van der Waals surface area contributed by atoms with Crippen molar-refractivity contribution in [3.8, 4) is 11.5 Å². The van der Waals surface area contributed by atoms with E-state index in [1.807, 2.05) is 12.1 Å². The van der Waals surface area contributed by atoms with Crippen LogP contribution in [0.4, 0.5) is 0 Å². The third kappa shape index (κ3) is 4.35. The molecule has 6 heteroatoms. The van der Waals surface area contributed by atoms with Gasteiger partial charge in [-0.3, -0.25) is 0 Å². The topological polar surface area (TPSA) is 76.7 Å². The molecule has 1 rings (SSSR count). The third-order valence-corrected chi connectivity index (χ3v) is 3.53. The number of aliphatic hydroxyl groups is 1. The van der Waals surface area contributed by atoms with Gasteiger partial charge in [0.2, 0.25) is 0 Å². The van der Waals surface area contributed by atoms with Crippen molar-refractivity contribution in [1.29, 1.82) is 0 Å². The molecule has 0 heterocycles. The van der Waals surface area contributed by atoms with Gasteiger partial charge in [-0.15, -0.1) is 0 Å². The number of nitrogens with two attached hydrogens (primary N) is 1. The lowest BCUT2D eigenvalue weighted by Gasteiger charge is -2.20. The summed E-state index contributed by atoms with van der Waals surface area (Å²) in [4.78, 5) is 0. The first kappa shape index (κ1) is 16.2. The van der Waals surface area contributed by atoms with Gasteiger partial charge in [-0.25, -0.2) is 0 Å². The van der Waals surface area contributed by atoms with Crippen LogP contribution in [-0.4, -0.2) is 39.0 Å². The summed E-state index contributed by atoms with van der Waals surface area (Å²) in [5.41, 5.74) is 6.81. The average molecular weight is 333 g/mol. The van der Waals surface area contributed by atoms with Gasteiger partial charge in [-0.2, -0.15) is 0 Å². The van der Waals surface area contributed by atoms with Gasteiger partial charge in [0.25, 0.3) is 0 Å². The van der Waals surface area contributed by atoms with Crippen molar-refractivity contribution in [3.05, 3.63) is 22.2 Å². The SMILES string of the molecule is COc1cc(Br)c(C(CN)NCCCO)cc1OC. The van der Waals surface area contributed by atoms with E-state index in [4.69, 9.17) is 20.3 Å². The van der Waals surface area contributed by atoms with Crippen molar-refractivity contribution in [2.75, 3.05) is 33.9 Å². The number of benzene rings is 1. The quantitative estimate of drug-likeness (QED) is 0.628. The fraction of sp³-hybridized carbons (Fsp3) is 0.538. The first-order valence-corrected chi connectivity index (χ1v) is 6.93. The summed E-state index contributed by atoms with van der Waals surface area (Å²) in [6, 6.07) is 3.78. The maximum atomic E-state index is 8.81. The van der Waals surface area contributed by atoms with Crippen molar-refractivity contribution >= 4 is 15.9 Å². The zero-order valence-electron chi connectivity index (χ0n) is 11.3. The molecule has 19 heavy (non-hydrogen) atoms. The Morgan fingerprint density at radius 3 is 2.47 bits per heavy atom. The van der Waals surface area contributed by atoms with Gasteiger partial charge in [-0.1, -0.05) is 15.9 Å². The molecule has 0 saturated carbocycles. The van der Waals surface area contributed by atoms with Gasteiger partial charge < -0.3 is 25.6 Å². The van der Waals surface area contributed by atoms with E-state index in [9.17, 15) is 0 Å². The Bertz CT molecular complexity index is 402. The minimum Gasteiger partial charge on any atom is -0.493 e. The molecule has 0 fully saturated rings. The third-order valence-electron chi connectivity index (χ3n) is 2.84. The predicted octanol–water partition coefficient (Wildman–Crippen LogP) is 1.44. The number of rotatable bonds is 8. The smallest absolute Gasteiger partial charge is 0.161 e. The van der Waals surface area contributed by atoms with E-state index in [-0.39, 0.29) is 12.6 Å². The highest BCUT2D eigenvalue weighted by molar-refractivity contribution is 9.10. The van der Waals surface area contributed by atoms with Crippen LogP contribution in [0.15, 0.2) is 16.6 Å². The Labute approximate surface area is 122 Å². The van der Waals surface area contributed by atoms with Gasteiger partial charge in [0.1, 0.15) is 0 Å². The molecular formula is C13H21BrN2O3. The van der Waals surface area contributed by atoms with Crippen molar-refractivity contribution in [2.45, 2.75) is 12.5 Å². The Morgan fingerprint density at radius 2 is 1.95 bits per heavy atom. The molecule has 5 nitrogen and oxygen atoms in total. The zero-order chi connectivity index (χ0) is 14.3. The monoisotopic (exact) mass is 332 g/mol. The van der Waals surface area contributed by atoms with E-state index in [0.717, 1.165) is 10.0 Å². The van der Waals surface area contributed by atoms with E-state index in [0.29, 0.717) is 31.0 Å².